The predicted molar refractivity (Wildman–Crippen MR) is 128 cm³/mol. The molecule has 2 N–H and O–H groups in total. The molecule has 1 fully saturated rings. The number of halogens is 1. The highest BCUT2D eigenvalue weighted by Crippen LogP contribution is 2.15. The molecule has 1 atom stereocenters. The molecule has 1 aromatic carbocycles. The Balaban J connectivity index is 0.00000392. The molecule has 6 nitrogen and oxygen atoms in total. The fourth-order valence-corrected chi connectivity index (χ4v) is 3.44. The van der Waals surface area contributed by atoms with Crippen LogP contribution < -0.4 is 10.6 Å². The van der Waals surface area contributed by atoms with Crippen molar-refractivity contribution in [1.29, 1.82) is 0 Å². The second kappa shape index (κ2) is 13.0. The number of benzene rings is 1. The molecule has 1 amide bonds. The van der Waals surface area contributed by atoms with Crippen LogP contribution in [0.4, 0.5) is 0 Å². The molecule has 1 unspecified atom stereocenters. The first-order valence-corrected chi connectivity index (χ1v) is 10.1. The van der Waals surface area contributed by atoms with Gasteiger partial charge in [-0.3, -0.25) is 9.69 Å². The fraction of sp³-hybridized carbons (Fsp3) is 0.619. The van der Waals surface area contributed by atoms with Crippen molar-refractivity contribution in [2.75, 3.05) is 40.3 Å². The number of hydrogen-bond donors (Lipinski definition) is 2. The van der Waals surface area contributed by atoms with Gasteiger partial charge in [-0.05, 0) is 50.6 Å². The van der Waals surface area contributed by atoms with Crippen LogP contribution in [0, 0.1) is 0 Å². The molecular weight excluding hydrogens is 465 g/mol. The SMILES string of the molecule is CCNC(=NCc1ccc(C(=O)N(C)C)cc1)NCC1CCCCN1CC.I. The molecule has 2 rings (SSSR count). The first-order chi connectivity index (χ1) is 13.0. The van der Waals surface area contributed by atoms with Crippen molar-refractivity contribution in [3.05, 3.63) is 35.4 Å². The summed E-state index contributed by atoms with van der Waals surface area (Å²) in [6.45, 7) is 8.99. The molecule has 1 aromatic rings. The van der Waals surface area contributed by atoms with E-state index in [4.69, 9.17) is 4.99 Å². The Labute approximate surface area is 187 Å². The van der Waals surface area contributed by atoms with Crippen LogP contribution in [-0.4, -0.2) is 68.0 Å². The molecule has 0 aromatic heterocycles. The van der Waals surface area contributed by atoms with E-state index in [-0.39, 0.29) is 29.9 Å². The summed E-state index contributed by atoms with van der Waals surface area (Å²) in [6.07, 6.45) is 3.88. The van der Waals surface area contributed by atoms with Crippen molar-refractivity contribution in [2.45, 2.75) is 45.7 Å². The Kier molecular flexibility index (Phi) is 11.4. The molecule has 1 aliphatic rings. The van der Waals surface area contributed by atoms with Crippen molar-refractivity contribution >= 4 is 35.8 Å². The van der Waals surface area contributed by atoms with Gasteiger partial charge in [-0.15, -0.1) is 24.0 Å². The summed E-state index contributed by atoms with van der Waals surface area (Å²) in [4.78, 5) is 20.8. The van der Waals surface area contributed by atoms with Gasteiger partial charge in [0.2, 0.25) is 0 Å². The Bertz CT molecular complexity index is 618. The second-order valence-corrected chi connectivity index (χ2v) is 7.25. The number of carbonyl (C=O) groups excluding carboxylic acids is 1. The Morgan fingerprint density at radius 3 is 2.50 bits per heavy atom. The number of likely N-dealkylation sites (tertiary alicyclic amines) is 1. The minimum absolute atomic E-state index is 0. The number of carbonyl (C=O) groups is 1. The van der Waals surface area contributed by atoms with Crippen LogP contribution in [0.1, 0.15) is 49.0 Å². The Morgan fingerprint density at radius 1 is 1.18 bits per heavy atom. The number of guanidine groups is 1. The lowest BCUT2D eigenvalue weighted by Crippen LogP contribution is -2.49. The number of hydrogen-bond acceptors (Lipinski definition) is 3. The molecule has 28 heavy (non-hydrogen) atoms. The van der Waals surface area contributed by atoms with Gasteiger partial charge in [0.05, 0.1) is 6.54 Å². The van der Waals surface area contributed by atoms with Crippen LogP contribution in [0.5, 0.6) is 0 Å². The van der Waals surface area contributed by atoms with Crippen LogP contribution >= 0.6 is 24.0 Å². The van der Waals surface area contributed by atoms with Crippen LogP contribution in [0.15, 0.2) is 29.3 Å². The van der Waals surface area contributed by atoms with Gasteiger partial charge < -0.3 is 15.5 Å². The van der Waals surface area contributed by atoms with Crippen LogP contribution in [0.3, 0.4) is 0 Å². The lowest BCUT2D eigenvalue weighted by molar-refractivity contribution is 0.0827. The van der Waals surface area contributed by atoms with Crippen molar-refractivity contribution in [1.82, 2.24) is 20.4 Å². The molecule has 0 aliphatic carbocycles. The van der Waals surface area contributed by atoms with Crippen LogP contribution in [0.2, 0.25) is 0 Å². The molecule has 1 aliphatic heterocycles. The molecule has 7 heteroatoms. The zero-order valence-corrected chi connectivity index (χ0v) is 20.0. The predicted octanol–water partition coefficient (Wildman–Crippen LogP) is 2.94. The number of rotatable bonds is 7. The van der Waals surface area contributed by atoms with Gasteiger partial charge in [-0.1, -0.05) is 25.5 Å². The summed E-state index contributed by atoms with van der Waals surface area (Å²) >= 11 is 0. The average Bonchev–Trinajstić information content (AvgIpc) is 2.70. The topological polar surface area (TPSA) is 60.0 Å². The maximum Gasteiger partial charge on any atom is 0.253 e. The van der Waals surface area contributed by atoms with E-state index in [1.807, 2.05) is 24.3 Å². The fourth-order valence-electron chi connectivity index (χ4n) is 3.44. The molecule has 0 spiro atoms. The Hall–Kier alpha value is -1.35. The Morgan fingerprint density at radius 2 is 1.89 bits per heavy atom. The first kappa shape index (κ1) is 24.7. The van der Waals surface area contributed by atoms with E-state index >= 15 is 0 Å². The molecule has 0 bridgehead atoms. The molecule has 0 saturated carbocycles. The largest absolute Gasteiger partial charge is 0.357 e. The third-order valence-electron chi connectivity index (χ3n) is 5.03. The van der Waals surface area contributed by atoms with Crippen molar-refractivity contribution in [3.63, 3.8) is 0 Å². The van der Waals surface area contributed by atoms with Gasteiger partial charge in [0, 0.05) is 38.8 Å². The van der Waals surface area contributed by atoms with E-state index in [1.165, 1.54) is 25.8 Å². The standard InChI is InChI=1S/C21H35N5O.HI/c1-5-22-21(24-16-19-9-7-8-14-26(19)6-2)23-15-17-10-12-18(13-11-17)20(27)25(3)4;/h10-13,19H,5-9,14-16H2,1-4H3,(H2,22,23,24);1H. The zero-order chi connectivity index (χ0) is 19.6. The molecule has 1 heterocycles. The van der Waals surface area contributed by atoms with E-state index in [0.717, 1.165) is 31.2 Å². The summed E-state index contributed by atoms with van der Waals surface area (Å²) in [5.41, 5.74) is 1.80. The van der Waals surface area contributed by atoms with E-state index < -0.39 is 0 Å². The van der Waals surface area contributed by atoms with Crippen LogP contribution in [-0.2, 0) is 6.54 Å². The third-order valence-corrected chi connectivity index (χ3v) is 5.03. The quantitative estimate of drug-likeness (QED) is 0.343. The van der Waals surface area contributed by atoms with Gasteiger partial charge in [0.15, 0.2) is 5.96 Å². The van der Waals surface area contributed by atoms with Crippen molar-refractivity contribution in [3.8, 4) is 0 Å². The highest BCUT2D eigenvalue weighted by molar-refractivity contribution is 14.0. The molecule has 158 valence electrons. The second-order valence-electron chi connectivity index (χ2n) is 7.25. The highest BCUT2D eigenvalue weighted by atomic mass is 127. The minimum Gasteiger partial charge on any atom is -0.357 e. The van der Waals surface area contributed by atoms with E-state index in [1.54, 1.807) is 19.0 Å². The molecule has 0 radical (unpaired) electrons. The zero-order valence-electron chi connectivity index (χ0n) is 17.7. The van der Waals surface area contributed by atoms with Gasteiger partial charge in [-0.2, -0.15) is 0 Å². The molecular formula is C21H36IN5O. The van der Waals surface area contributed by atoms with Crippen molar-refractivity contribution in [2.24, 2.45) is 4.99 Å². The lowest BCUT2D eigenvalue weighted by Gasteiger charge is -2.35. The van der Waals surface area contributed by atoms with Gasteiger partial charge in [-0.25, -0.2) is 4.99 Å². The highest BCUT2D eigenvalue weighted by Gasteiger charge is 2.20. The van der Waals surface area contributed by atoms with E-state index in [9.17, 15) is 4.79 Å². The third kappa shape index (κ3) is 7.58. The summed E-state index contributed by atoms with van der Waals surface area (Å²) in [7, 11) is 3.53. The number of nitrogens with one attached hydrogen (secondary N) is 2. The summed E-state index contributed by atoms with van der Waals surface area (Å²) in [5.74, 6) is 0.876. The number of piperidine rings is 1. The molecule has 1 saturated heterocycles. The number of likely N-dealkylation sites (N-methyl/N-ethyl adjacent to an activating group) is 1. The lowest BCUT2D eigenvalue weighted by atomic mass is 10.0. The maximum atomic E-state index is 12.0. The first-order valence-electron chi connectivity index (χ1n) is 10.1. The number of nitrogens with zero attached hydrogens (tertiary/aromatic N) is 3. The van der Waals surface area contributed by atoms with E-state index in [2.05, 4.69) is 29.4 Å². The average molecular weight is 501 g/mol. The normalized spacial score (nSPS) is 17.6. The number of amides is 1. The van der Waals surface area contributed by atoms with Gasteiger partial charge in [0.25, 0.3) is 5.91 Å². The maximum absolute atomic E-state index is 12.0. The summed E-state index contributed by atoms with van der Waals surface area (Å²) in [6, 6.07) is 8.28. The summed E-state index contributed by atoms with van der Waals surface area (Å²) in [5, 5.41) is 6.84. The van der Waals surface area contributed by atoms with Crippen molar-refractivity contribution < 1.29 is 4.79 Å². The number of aliphatic imine (C=N–C) groups is 1. The smallest absolute Gasteiger partial charge is 0.253 e. The summed E-state index contributed by atoms with van der Waals surface area (Å²) < 4.78 is 0. The van der Waals surface area contributed by atoms with Crippen LogP contribution in [0.25, 0.3) is 0 Å². The van der Waals surface area contributed by atoms with E-state index in [0.29, 0.717) is 18.2 Å². The monoisotopic (exact) mass is 501 g/mol. The van der Waals surface area contributed by atoms with Gasteiger partial charge >= 0.3 is 0 Å². The minimum atomic E-state index is 0. The van der Waals surface area contributed by atoms with Gasteiger partial charge in [0.1, 0.15) is 0 Å².